The first-order valence-corrected chi connectivity index (χ1v) is 11.6. The summed E-state index contributed by atoms with van der Waals surface area (Å²) in [6.07, 6.45) is 1.51. The fraction of sp³-hybridized carbons (Fsp3) is 0.320. The van der Waals surface area contributed by atoms with Crippen molar-refractivity contribution in [2.45, 2.75) is 32.9 Å². The van der Waals surface area contributed by atoms with Crippen LogP contribution in [0.4, 0.5) is 11.6 Å². The quantitative estimate of drug-likeness (QED) is 0.449. The first kappa shape index (κ1) is 21.5. The van der Waals surface area contributed by atoms with Gasteiger partial charge in [0, 0.05) is 37.4 Å². The second kappa shape index (κ2) is 8.56. The minimum absolute atomic E-state index is 0.278. The predicted octanol–water partition coefficient (Wildman–Crippen LogP) is 3.97. The van der Waals surface area contributed by atoms with Crippen LogP contribution in [0.15, 0.2) is 64.2 Å². The maximum absolute atomic E-state index is 13.5. The smallest absolute Gasteiger partial charge is 0.312 e. The monoisotopic (exact) mass is 463 g/mol. The van der Waals surface area contributed by atoms with Crippen LogP contribution < -0.4 is 16.1 Å². The molecule has 3 heterocycles. The lowest BCUT2D eigenvalue weighted by Gasteiger charge is -2.33. The lowest BCUT2D eigenvalue weighted by atomic mass is 10.1. The molecule has 0 bridgehead atoms. The number of rotatable bonds is 5. The van der Waals surface area contributed by atoms with Crippen molar-refractivity contribution < 1.29 is 0 Å². The van der Waals surface area contributed by atoms with E-state index in [4.69, 9.17) is 16.6 Å². The Hall–Kier alpha value is -3.32. The molecule has 0 radical (unpaired) electrons. The molecule has 170 valence electrons. The summed E-state index contributed by atoms with van der Waals surface area (Å²) >= 11 is 6.24. The number of halogens is 1. The van der Waals surface area contributed by atoms with E-state index in [1.807, 2.05) is 47.0 Å². The van der Waals surface area contributed by atoms with Crippen LogP contribution in [0.5, 0.6) is 0 Å². The van der Waals surface area contributed by atoms with Crippen LogP contribution in [0.1, 0.15) is 18.9 Å². The van der Waals surface area contributed by atoms with Crippen molar-refractivity contribution in [1.29, 1.82) is 0 Å². The summed E-state index contributed by atoms with van der Waals surface area (Å²) < 4.78 is 4.80. The van der Waals surface area contributed by atoms with Gasteiger partial charge in [0.15, 0.2) is 11.2 Å². The molecule has 0 unspecified atom stereocenters. The Morgan fingerprint density at radius 2 is 1.85 bits per heavy atom. The lowest BCUT2D eigenvalue weighted by molar-refractivity contribution is 0.457. The van der Waals surface area contributed by atoms with Gasteiger partial charge in [-0.15, -0.1) is 0 Å². The molecule has 0 N–H and O–H groups in total. The zero-order valence-electron chi connectivity index (χ0n) is 18.7. The molecule has 1 aliphatic heterocycles. The van der Waals surface area contributed by atoms with Crippen LogP contribution in [0.25, 0.3) is 11.2 Å². The average Bonchev–Trinajstić information content (AvgIpc) is 3.19. The van der Waals surface area contributed by atoms with Crippen LogP contribution in [0, 0.1) is 5.92 Å². The van der Waals surface area contributed by atoms with Crippen molar-refractivity contribution >= 4 is 34.4 Å². The highest BCUT2D eigenvalue weighted by molar-refractivity contribution is 6.30. The molecule has 1 aliphatic rings. The molecule has 7 nitrogen and oxygen atoms in total. The Morgan fingerprint density at radius 3 is 2.61 bits per heavy atom. The number of aromatic nitrogens is 4. The van der Waals surface area contributed by atoms with Gasteiger partial charge in [0.25, 0.3) is 5.56 Å². The number of hydrogen-bond acceptors (Lipinski definition) is 4. The second-order valence-electron chi connectivity index (χ2n) is 8.78. The standard InChI is InChI=1S/C25H26ClN5O2/c1-17-15-30(20-12-6-11-19(26)14-20)24-27-22-21(31(24)16-17)23(32)29(25(33)28(22)2)13-7-10-18-8-4-3-5-9-18/h3-6,8-9,11-12,14,17H,7,10,13,15-16H2,1-2H3/t17-/m1/s1. The van der Waals surface area contributed by atoms with Crippen LogP contribution in [-0.4, -0.2) is 25.2 Å². The summed E-state index contributed by atoms with van der Waals surface area (Å²) in [6, 6.07) is 17.7. The van der Waals surface area contributed by atoms with E-state index in [2.05, 4.69) is 24.0 Å². The molecule has 0 saturated heterocycles. The maximum atomic E-state index is 13.5. The van der Waals surface area contributed by atoms with Crippen molar-refractivity contribution in [3.8, 4) is 0 Å². The van der Waals surface area contributed by atoms with E-state index < -0.39 is 0 Å². The van der Waals surface area contributed by atoms with Gasteiger partial charge in [0.05, 0.1) is 0 Å². The number of benzene rings is 2. The fourth-order valence-corrected chi connectivity index (χ4v) is 4.83. The molecule has 0 amide bonds. The zero-order valence-corrected chi connectivity index (χ0v) is 19.5. The van der Waals surface area contributed by atoms with Crippen LogP contribution >= 0.6 is 11.6 Å². The average molecular weight is 464 g/mol. The Balaban J connectivity index is 1.58. The number of nitrogens with zero attached hydrogens (tertiary/aromatic N) is 5. The van der Waals surface area contributed by atoms with E-state index in [-0.39, 0.29) is 17.2 Å². The van der Waals surface area contributed by atoms with Gasteiger partial charge in [-0.3, -0.25) is 13.9 Å². The summed E-state index contributed by atoms with van der Waals surface area (Å²) in [5.41, 5.74) is 2.39. The molecule has 0 saturated carbocycles. The molecule has 0 spiro atoms. The van der Waals surface area contributed by atoms with E-state index in [1.54, 1.807) is 7.05 Å². The van der Waals surface area contributed by atoms with Crippen molar-refractivity contribution in [3.63, 3.8) is 0 Å². The molecule has 0 fully saturated rings. The van der Waals surface area contributed by atoms with Crippen molar-refractivity contribution in [1.82, 2.24) is 18.7 Å². The Bertz CT molecular complexity index is 1440. The van der Waals surface area contributed by atoms with Crippen molar-refractivity contribution in [2.24, 2.45) is 13.0 Å². The van der Waals surface area contributed by atoms with Gasteiger partial charge in [-0.25, -0.2) is 4.79 Å². The van der Waals surface area contributed by atoms with Crippen LogP contribution in [-0.2, 0) is 26.6 Å². The highest BCUT2D eigenvalue weighted by Gasteiger charge is 2.29. The van der Waals surface area contributed by atoms with Gasteiger partial charge in [-0.1, -0.05) is 54.9 Å². The third-order valence-electron chi connectivity index (χ3n) is 6.25. The van der Waals surface area contributed by atoms with E-state index in [1.165, 1.54) is 14.7 Å². The fourth-order valence-electron chi connectivity index (χ4n) is 4.65. The normalized spacial score (nSPS) is 15.7. The molecule has 4 aromatic rings. The van der Waals surface area contributed by atoms with Gasteiger partial charge in [0.1, 0.15) is 0 Å². The number of hydrogen-bond donors (Lipinski definition) is 0. The van der Waals surface area contributed by atoms with Gasteiger partial charge >= 0.3 is 5.69 Å². The Kier molecular flexibility index (Phi) is 5.58. The van der Waals surface area contributed by atoms with E-state index >= 15 is 0 Å². The van der Waals surface area contributed by atoms with E-state index in [0.29, 0.717) is 41.6 Å². The van der Waals surface area contributed by atoms with Gasteiger partial charge in [0.2, 0.25) is 5.95 Å². The van der Waals surface area contributed by atoms with Gasteiger partial charge in [-0.2, -0.15) is 4.98 Å². The third-order valence-corrected chi connectivity index (χ3v) is 6.49. The van der Waals surface area contributed by atoms with Crippen LogP contribution in [0.2, 0.25) is 5.02 Å². The first-order valence-electron chi connectivity index (χ1n) is 11.2. The van der Waals surface area contributed by atoms with E-state index in [9.17, 15) is 9.59 Å². The minimum atomic E-state index is -0.335. The highest BCUT2D eigenvalue weighted by atomic mass is 35.5. The van der Waals surface area contributed by atoms with Crippen molar-refractivity contribution in [3.05, 3.63) is 86.0 Å². The zero-order chi connectivity index (χ0) is 23.1. The largest absolute Gasteiger partial charge is 0.332 e. The van der Waals surface area contributed by atoms with E-state index in [0.717, 1.165) is 18.7 Å². The third kappa shape index (κ3) is 3.86. The number of aryl methyl sites for hydroxylation is 2. The summed E-state index contributed by atoms with van der Waals surface area (Å²) in [6.45, 7) is 3.93. The topological polar surface area (TPSA) is 65.1 Å². The number of anilines is 2. The first-order chi connectivity index (χ1) is 15.9. The summed E-state index contributed by atoms with van der Waals surface area (Å²) in [5, 5.41) is 0.640. The number of fused-ring (bicyclic) bond motifs is 3. The molecular weight excluding hydrogens is 438 g/mol. The Morgan fingerprint density at radius 1 is 1.06 bits per heavy atom. The van der Waals surface area contributed by atoms with Crippen molar-refractivity contribution in [2.75, 3.05) is 11.4 Å². The SMILES string of the molecule is C[C@@H]1CN(c2cccc(Cl)c2)c2nc3c(c(=O)n(CCCc4ccccc4)c(=O)n3C)n2C1. The summed E-state index contributed by atoms with van der Waals surface area (Å²) in [5.74, 6) is 0.955. The summed E-state index contributed by atoms with van der Waals surface area (Å²) in [7, 11) is 1.68. The molecule has 0 aliphatic carbocycles. The molecule has 1 atom stereocenters. The molecular formula is C25H26ClN5O2. The Labute approximate surface area is 196 Å². The molecule has 5 rings (SSSR count). The second-order valence-corrected chi connectivity index (χ2v) is 9.21. The predicted molar refractivity (Wildman–Crippen MR) is 132 cm³/mol. The van der Waals surface area contributed by atoms with Gasteiger partial charge < -0.3 is 9.47 Å². The highest BCUT2D eigenvalue weighted by Crippen LogP contribution is 2.33. The number of imidazole rings is 1. The minimum Gasteiger partial charge on any atom is -0.312 e. The van der Waals surface area contributed by atoms with Crippen LogP contribution in [0.3, 0.4) is 0 Å². The molecule has 8 heteroatoms. The van der Waals surface area contributed by atoms with Gasteiger partial charge in [-0.05, 0) is 42.5 Å². The molecule has 33 heavy (non-hydrogen) atoms. The molecule has 2 aromatic heterocycles. The lowest BCUT2D eigenvalue weighted by Crippen LogP contribution is -2.40. The maximum Gasteiger partial charge on any atom is 0.332 e. The molecule has 2 aromatic carbocycles. The summed E-state index contributed by atoms with van der Waals surface area (Å²) in [4.78, 5) is 33.4.